The van der Waals surface area contributed by atoms with Crippen LogP contribution in [0.2, 0.25) is 0 Å². The number of rotatable bonds is 5. The minimum atomic E-state index is -1.10. The Balaban J connectivity index is 2.48. The van der Waals surface area contributed by atoms with Gasteiger partial charge < -0.3 is 10.0 Å². The van der Waals surface area contributed by atoms with Crippen LogP contribution < -0.4 is 4.90 Å². The zero-order chi connectivity index (χ0) is 14.8. The van der Waals surface area contributed by atoms with E-state index in [1.165, 1.54) is 4.68 Å². The first kappa shape index (κ1) is 14.0. The predicted molar refractivity (Wildman–Crippen MR) is 73.9 cm³/mol. The second-order valence-electron chi connectivity index (χ2n) is 4.83. The average Bonchev–Trinajstić information content (AvgIpc) is 2.89. The summed E-state index contributed by atoms with van der Waals surface area (Å²) in [6, 6.07) is 9.37. The number of carbonyl (C=O) groups is 1. The number of nitrogens with zero attached hydrogens (tertiary/aromatic N) is 5. The topological polar surface area (TPSA) is 84.1 Å². The van der Waals surface area contributed by atoms with E-state index in [0.717, 1.165) is 5.69 Å². The van der Waals surface area contributed by atoms with Gasteiger partial charge in [-0.25, -0.2) is 4.79 Å². The smallest absolute Gasteiger partial charge is 0.329 e. The highest BCUT2D eigenvalue weighted by atomic mass is 16.4. The third-order valence-electron chi connectivity index (χ3n) is 3.21. The molecular formula is C13H17N5O2. The highest BCUT2D eigenvalue weighted by Gasteiger charge is 2.36. The molecule has 0 aliphatic carbocycles. The fraction of sp³-hybridized carbons (Fsp3) is 0.385. The van der Waals surface area contributed by atoms with E-state index in [0.29, 0.717) is 12.5 Å². The number of carboxylic acid groups (broad SMARTS) is 1. The molecule has 0 unspecified atom stereocenters. The van der Waals surface area contributed by atoms with Crippen molar-refractivity contribution < 1.29 is 9.90 Å². The van der Waals surface area contributed by atoms with Crippen LogP contribution in [0.3, 0.4) is 0 Å². The van der Waals surface area contributed by atoms with Crippen molar-refractivity contribution in [3.63, 3.8) is 0 Å². The van der Waals surface area contributed by atoms with E-state index in [2.05, 4.69) is 15.5 Å². The van der Waals surface area contributed by atoms with E-state index in [9.17, 15) is 9.90 Å². The normalized spacial score (nSPS) is 11.3. The van der Waals surface area contributed by atoms with Crippen LogP contribution in [0.4, 0.5) is 5.95 Å². The zero-order valence-corrected chi connectivity index (χ0v) is 11.7. The molecule has 20 heavy (non-hydrogen) atoms. The summed E-state index contributed by atoms with van der Waals surface area (Å²) in [6.45, 7) is 5.60. The molecule has 1 N–H and O–H groups in total. The third kappa shape index (κ3) is 2.34. The van der Waals surface area contributed by atoms with Crippen molar-refractivity contribution in [1.82, 2.24) is 20.2 Å². The lowest BCUT2D eigenvalue weighted by Gasteiger charge is -2.34. The van der Waals surface area contributed by atoms with Gasteiger partial charge in [0, 0.05) is 6.54 Å². The van der Waals surface area contributed by atoms with E-state index in [1.807, 2.05) is 37.3 Å². The van der Waals surface area contributed by atoms with Gasteiger partial charge in [0.15, 0.2) is 0 Å². The van der Waals surface area contributed by atoms with E-state index >= 15 is 0 Å². The summed E-state index contributed by atoms with van der Waals surface area (Å²) in [7, 11) is 0. The number of para-hydroxylation sites is 1. The first-order chi connectivity index (χ1) is 9.48. The Morgan fingerprint density at radius 2 is 2.00 bits per heavy atom. The minimum Gasteiger partial charge on any atom is -0.480 e. The number of hydrogen-bond acceptors (Lipinski definition) is 5. The molecule has 2 rings (SSSR count). The summed E-state index contributed by atoms with van der Waals surface area (Å²) in [4.78, 5) is 13.1. The van der Waals surface area contributed by atoms with Crippen molar-refractivity contribution in [3.05, 3.63) is 30.3 Å². The summed E-state index contributed by atoms with van der Waals surface area (Å²) in [5.74, 6) is -0.520. The van der Waals surface area contributed by atoms with Gasteiger partial charge >= 0.3 is 5.97 Å². The first-order valence-corrected chi connectivity index (χ1v) is 6.33. The van der Waals surface area contributed by atoms with Crippen LogP contribution in [0, 0.1) is 0 Å². The second-order valence-corrected chi connectivity index (χ2v) is 4.83. The minimum absolute atomic E-state index is 0.408. The van der Waals surface area contributed by atoms with E-state index in [4.69, 9.17) is 0 Å². The van der Waals surface area contributed by atoms with Crippen LogP contribution in [-0.2, 0) is 4.79 Å². The van der Waals surface area contributed by atoms with Crippen molar-refractivity contribution in [1.29, 1.82) is 0 Å². The van der Waals surface area contributed by atoms with Gasteiger partial charge in [-0.05, 0) is 43.3 Å². The van der Waals surface area contributed by atoms with Crippen molar-refractivity contribution in [2.45, 2.75) is 26.3 Å². The quantitative estimate of drug-likeness (QED) is 0.886. The van der Waals surface area contributed by atoms with Crippen LogP contribution >= 0.6 is 0 Å². The van der Waals surface area contributed by atoms with Crippen LogP contribution in [0.5, 0.6) is 0 Å². The maximum atomic E-state index is 11.4. The molecule has 7 nitrogen and oxygen atoms in total. The molecule has 0 spiro atoms. The predicted octanol–water partition coefficient (Wildman–Crippen LogP) is 1.35. The third-order valence-corrected chi connectivity index (χ3v) is 3.21. The molecule has 0 aliphatic rings. The molecule has 1 aromatic heterocycles. The van der Waals surface area contributed by atoms with Gasteiger partial charge in [0.2, 0.25) is 0 Å². The van der Waals surface area contributed by atoms with Gasteiger partial charge in [0.1, 0.15) is 5.54 Å². The molecule has 1 heterocycles. The van der Waals surface area contributed by atoms with Gasteiger partial charge in [0.25, 0.3) is 5.95 Å². The number of benzene rings is 1. The molecule has 0 aliphatic heterocycles. The van der Waals surface area contributed by atoms with E-state index in [-0.39, 0.29) is 0 Å². The lowest BCUT2D eigenvalue weighted by Crippen LogP contribution is -2.51. The maximum absolute atomic E-state index is 11.4. The van der Waals surface area contributed by atoms with Crippen LogP contribution in [0.15, 0.2) is 30.3 Å². The Morgan fingerprint density at radius 1 is 1.35 bits per heavy atom. The Morgan fingerprint density at radius 3 is 2.55 bits per heavy atom. The fourth-order valence-electron chi connectivity index (χ4n) is 1.99. The lowest BCUT2D eigenvalue weighted by molar-refractivity contribution is -0.142. The first-order valence-electron chi connectivity index (χ1n) is 6.33. The number of carboxylic acids is 1. The van der Waals surface area contributed by atoms with Crippen LogP contribution in [0.25, 0.3) is 5.69 Å². The molecular weight excluding hydrogens is 258 g/mol. The monoisotopic (exact) mass is 275 g/mol. The number of hydrogen-bond donors (Lipinski definition) is 1. The lowest BCUT2D eigenvalue weighted by atomic mass is 10.0. The molecule has 0 radical (unpaired) electrons. The maximum Gasteiger partial charge on any atom is 0.329 e. The second kappa shape index (κ2) is 5.28. The standard InChI is InChI=1S/C13H17N5O2/c1-4-17(13(2,3)11(19)20)12-14-15-16-18(12)10-8-6-5-7-9-10/h5-9H,4H2,1-3H3,(H,19,20). The van der Waals surface area contributed by atoms with Gasteiger partial charge in [-0.3, -0.25) is 0 Å². The largest absolute Gasteiger partial charge is 0.480 e. The van der Waals surface area contributed by atoms with Crippen molar-refractivity contribution >= 4 is 11.9 Å². The fourth-order valence-corrected chi connectivity index (χ4v) is 1.99. The van der Waals surface area contributed by atoms with Crippen molar-refractivity contribution in [2.24, 2.45) is 0 Å². The summed E-state index contributed by atoms with van der Waals surface area (Å²) in [5.41, 5.74) is -0.317. The number of likely N-dealkylation sites (N-methyl/N-ethyl adjacent to an activating group) is 1. The Hall–Kier alpha value is -2.44. The molecule has 0 saturated carbocycles. The van der Waals surface area contributed by atoms with Gasteiger partial charge in [-0.2, -0.15) is 4.68 Å². The molecule has 7 heteroatoms. The molecule has 106 valence electrons. The number of aromatic nitrogens is 4. The Labute approximate surface area is 116 Å². The van der Waals surface area contributed by atoms with Crippen molar-refractivity contribution in [3.8, 4) is 5.69 Å². The zero-order valence-electron chi connectivity index (χ0n) is 11.7. The van der Waals surface area contributed by atoms with Crippen LogP contribution in [0.1, 0.15) is 20.8 Å². The Kier molecular flexibility index (Phi) is 3.69. The summed E-state index contributed by atoms with van der Waals surface area (Å²) in [6.07, 6.45) is 0. The van der Waals surface area contributed by atoms with E-state index < -0.39 is 11.5 Å². The SMILES string of the molecule is CCN(c1nnnn1-c1ccccc1)C(C)(C)C(=O)O. The highest BCUT2D eigenvalue weighted by Crippen LogP contribution is 2.23. The molecule has 2 aromatic rings. The molecule has 0 saturated heterocycles. The van der Waals surface area contributed by atoms with Crippen LogP contribution in [-0.4, -0.2) is 43.4 Å². The van der Waals surface area contributed by atoms with Gasteiger partial charge in [-0.1, -0.05) is 23.3 Å². The Bertz CT molecular complexity index is 594. The molecule has 0 atom stereocenters. The van der Waals surface area contributed by atoms with E-state index in [1.54, 1.807) is 18.7 Å². The highest BCUT2D eigenvalue weighted by molar-refractivity contribution is 5.81. The molecule has 0 fully saturated rings. The summed E-state index contributed by atoms with van der Waals surface area (Å²) < 4.78 is 1.54. The summed E-state index contributed by atoms with van der Waals surface area (Å²) >= 11 is 0. The van der Waals surface area contributed by atoms with Crippen molar-refractivity contribution in [2.75, 3.05) is 11.4 Å². The molecule has 1 aromatic carbocycles. The number of tetrazole rings is 1. The average molecular weight is 275 g/mol. The van der Waals surface area contributed by atoms with Gasteiger partial charge in [-0.15, -0.1) is 0 Å². The number of aliphatic carboxylic acids is 1. The molecule has 0 bridgehead atoms. The summed E-state index contributed by atoms with van der Waals surface area (Å²) in [5, 5.41) is 21.0. The number of anilines is 1. The molecule has 0 amide bonds. The van der Waals surface area contributed by atoms with Gasteiger partial charge in [0.05, 0.1) is 5.69 Å².